The van der Waals surface area contributed by atoms with Gasteiger partial charge in [0, 0.05) is 26.4 Å². The van der Waals surface area contributed by atoms with Gasteiger partial charge in [0.2, 0.25) is 11.8 Å². The second-order valence-corrected chi connectivity index (χ2v) is 4.91. The minimum Gasteiger partial charge on any atom is -0.465 e. The van der Waals surface area contributed by atoms with Crippen molar-refractivity contribution in [3.63, 3.8) is 0 Å². The third-order valence-corrected chi connectivity index (χ3v) is 2.91. The molecule has 0 aromatic heterocycles. The predicted molar refractivity (Wildman–Crippen MR) is 80.7 cm³/mol. The molecule has 0 aromatic rings. The van der Waals surface area contributed by atoms with Crippen molar-refractivity contribution < 1.29 is 19.1 Å². The van der Waals surface area contributed by atoms with E-state index in [0.717, 1.165) is 25.7 Å². The summed E-state index contributed by atoms with van der Waals surface area (Å²) >= 11 is 0. The fourth-order valence-corrected chi connectivity index (χ4v) is 1.92. The molecule has 0 fully saturated rings. The average molecular weight is 300 g/mol. The first kappa shape index (κ1) is 19.4. The zero-order valence-electron chi connectivity index (χ0n) is 13.4. The van der Waals surface area contributed by atoms with Crippen molar-refractivity contribution in [2.24, 2.45) is 0 Å². The van der Waals surface area contributed by atoms with E-state index in [1.165, 1.54) is 6.92 Å². The molecule has 0 aromatic carbocycles. The summed E-state index contributed by atoms with van der Waals surface area (Å²) in [6.07, 6.45) is 3.75. The van der Waals surface area contributed by atoms with Crippen molar-refractivity contribution in [1.82, 2.24) is 10.2 Å². The highest BCUT2D eigenvalue weighted by Gasteiger charge is 2.16. The summed E-state index contributed by atoms with van der Waals surface area (Å²) in [5.74, 6) is -0.399. The van der Waals surface area contributed by atoms with Gasteiger partial charge in [0.1, 0.15) is 6.54 Å². The standard InChI is InChI=1S/C15H28N2O4/c1-4-11-17(12-15(20)21-5-2)14(19)9-7-6-8-10-16-13(3)18/h4-12H2,1-3H3,(H,16,18). The summed E-state index contributed by atoms with van der Waals surface area (Å²) in [6, 6.07) is 0. The molecule has 21 heavy (non-hydrogen) atoms. The first-order valence-corrected chi connectivity index (χ1v) is 7.69. The molecule has 0 aliphatic rings. The van der Waals surface area contributed by atoms with E-state index in [1.54, 1.807) is 11.8 Å². The molecule has 0 radical (unpaired) electrons. The number of hydrogen-bond donors (Lipinski definition) is 1. The summed E-state index contributed by atoms with van der Waals surface area (Å²) in [7, 11) is 0. The van der Waals surface area contributed by atoms with Crippen LogP contribution in [0, 0.1) is 0 Å². The topological polar surface area (TPSA) is 75.7 Å². The first-order valence-electron chi connectivity index (χ1n) is 7.69. The van der Waals surface area contributed by atoms with E-state index in [2.05, 4.69) is 5.32 Å². The Hall–Kier alpha value is -1.59. The molecule has 0 saturated heterocycles. The molecule has 0 bridgehead atoms. The number of esters is 1. The third-order valence-electron chi connectivity index (χ3n) is 2.91. The summed E-state index contributed by atoms with van der Waals surface area (Å²) in [6.45, 7) is 6.79. The van der Waals surface area contributed by atoms with Gasteiger partial charge in [-0.3, -0.25) is 14.4 Å². The number of unbranched alkanes of at least 4 members (excludes halogenated alkanes) is 2. The van der Waals surface area contributed by atoms with Gasteiger partial charge in [0.25, 0.3) is 0 Å². The quantitative estimate of drug-likeness (QED) is 0.463. The first-order chi connectivity index (χ1) is 10.0. The lowest BCUT2D eigenvalue weighted by atomic mass is 10.1. The number of rotatable bonds is 11. The van der Waals surface area contributed by atoms with Gasteiger partial charge in [-0.15, -0.1) is 0 Å². The van der Waals surface area contributed by atoms with Crippen LogP contribution in [0.4, 0.5) is 0 Å². The lowest BCUT2D eigenvalue weighted by molar-refractivity contribution is -0.149. The zero-order valence-corrected chi connectivity index (χ0v) is 13.4. The molecular formula is C15H28N2O4. The van der Waals surface area contributed by atoms with Crippen molar-refractivity contribution in [3.05, 3.63) is 0 Å². The Morgan fingerprint density at radius 2 is 1.81 bits per heavy atom. The molecule has 2 amide bonds. The number of nitrogens with zero attached hydrogens (tertiary/aromatic N) is 1. The Morgan fingerprint density at radius 3 is 2.38 bits per heavy atom. The van der Waals surface area contributed by atoms with Crippen LogP contribution < -0.4 is 5.32 Å². The van der Waals surface area contributed by atoms with Crippen LogP contribution in [0.1, 0.15) is 52.9 Å². The third kappa shape index (κ3) is 10.8. The van der Waals surface area contributed by atoms with Crippen molar-refractivity contribution in [2.45, 2.75) is 52.9 Å². The minimum absolute atomic E-state index is 0.00979. The molecule has 6 nitrogen and oxygen atoms in total. The smallest absolute Gasteiger partial charge is 0.325 e. The summed E-state index contributed by atoms with van der Waals surface area (Å²) < 4.78 is 4.88. The Kier molecular flexibility index (Phi) is 11.3. The molecule has 122 valence electrons. The summed E-state index contributed by atoms with van der Waals surface area (Å²) in [4.78, 5) is 35.8. The highest BCUT2D eigenvalue weighted by molar-refractivity contribution is 5.82. The van der Waals surface area contributed by atoms with Gasteiger partial charge >= 0.3 is 5.97 Å². The normalized spacial score (nSPS) is 10.0. The van der Waals surface area contributed by atoms with Crippen LogP contribution in [0.2, 0.25) is 0 Å². The lowest BCUT2D eigenvalue weighted by Gasteiger charge is -2.21. The molecule has 0 heterocycles. The molecule has 0 unspecified atom stereocenters. The van der Waals surface area contributed by atoms with E-state index in [1.807, 2.05) is 6.92 Å². The van der Waals surface area contributed by atoms with E-state index in [-0.39, 0.29) is 24.3 Å². The van der Waals surface area contributed by atoms with Gasteiger partial charge in [-0.2, -0.15) is 0 Å². The number of ether oxygens (including phenoxy) is 1. The molecule has 0 saturated carbocycles. The van der Waals surface area contributed by atoms with Gasteiger partial charge < -0.3 is 15.0 Å². The zero-order chi connectivity index (χ0) is 16.1. The highest BCUT2D eigenvalue weighted by Crippen LogP contribution is 2.04. The molecular weight excluding hydrogens is 272 g/mol. The van der Waals surface area contributed by atoms with E-state index >= 15 is 0 Å². The van der Waals surface area contributed by atoms with Crippen molar-refractivity contribution in [3.8, 4) is 0 Å². The van der Waals surface area contributed by atoms with Gasteiger partial charge in [-0.1, -0.05) is 13.3 Å². The second kappa shape index (κ2) is 12.2. The molecule has 0 aliphatic carbocycles. The molecule has 6 heteroatoms. The van der Waals surface area contributed by atoms with Crippen molar-refractivity contribution in [2.75, 3.05) is 26.2 Å². The predicted octanol–water partition coefficient (Wildman–Crippen LogP) is 1.48. The molecule has 0 rings (SSSR count). The van der Waals surface area contributed by atoms with Crippen molar-refractivity contribution >= 4 is 17.8 Å². The maximum atomic E-state index is 12.1. The van der Waals surface area contributed by atoms with E-state index in [0.29, 0.717) is 26.1 Å². The molecule has 0 spiro atoms. The maximum Gasteiger partial charge on any atom is 0.325 e. The Bertz CT molecular complexity index is 332. The highest BCUT2D eigenvalue weighted by atomic mass is 16.5. The Morgan fingerprint density at radius 1 is 1.10 bits per heavy atom. The van der Waals surface area contributed by atoms with Crippen LogP contribution in [0.5, 0.6) is 0 Å². The van der Waals surface area contributed by atoms with Gasteiger partial charge in [-0.25, -0.2) is 0 Å². The second-order valence-electron chi connectivity index (χ2n) is 4.91. The Balaban J connectivity index is 3.95. The van der Waals surface area contributed by atoms with Gasteiger partial charge in [0.05, 0.1) is 6.61 Å². The van der Waals surface area contributed by atoms with Crippen LogP contribution in [-0.4, -0.2) is 48.9 Å². The number of carbonyl (C=O) groups excluding carboxylic acids is 3. The number of amides is 2. The molecule has 1 N–H and O–H groups in total. The van der Waals surface area contributed by atoms with Crippen LogP contribution >= 0.6 is 0 Å². The Labute approximate surface area is 127 Å². The van der Waals surface area contributed by atoms with Crippen LogP contribution in [0.25, 0.3) is 0 Å². The fraction of sp³-hybridized carbons (Fsp3) is 0.800. The minimum atomic E-state index is -0.357. The van der Waals surface area contributed by atoms with Crippen LogP contribution in [-0.2, 0) is 19.1 Å². The van der Waals surface area contributed by atoms with E-state index in [9.17, 15) is 14.4 Å². The van der Waals surface area contributed by atoms with Crippen LogP contribution in [0.15, 0.2) is 0 Å². The number of nitrogens with one attached hydrogen (secondary N) is 1. The lowest BCUT2D eigenvalue weighted by Crippen LogP contribution is -2.37. The molecule has 0 atom stereocenters. The number of hydrogen-bond acceptors (Lipinski definition) is 4. The van der Waals surface area contributed by atoms with E-state index in [4.69, 9.17) is 4.74 Å². The number of carbonyl (C=O) groups is 3. The van der Waals surface area contributed by atoms with Crippen LogP contribution in [0.3, 0.4) is 0 Å². The monoisotopic (exact) mass is 300 g/mol. The average Bonchev–Trinajstić information content (AvgIpc) is 2.42. The fourth-order valence-electron chi connectivity index (χ4n) is 1.92. The maximum absolute atomic E-state index is 12.1. The van der Waals surface area contributed by atoms with Crippen molar-refractivity contribution in [1.29, 1.82) is 0 Å². The summed E-state index contributed by atoms with van der Waals surface area (Å²) in [5, 5.41) is 2.72. The molecule has 0 aliphatic heterocycles. The van der Waals surface area contributed by atoms with Gasteiger partial charge in [0.15, 0.2) is 0 Å². The van der Waals surface area contributed by atoms with E-state index < -0.39 is 0 Å². The SMILES string of the molecule is CCCN(CC(=O)OCC)C(=O)CCCCCNC(C)=O. The van der Waals surface area contributed by atoms with Gasteiger partial charge in [-0.05, 0) is 26.2 Å². The summed E-state index contributed by atoms with van der Waals surface area (Å²) in [5.41, 5.74) is 0. The largest absolute Gasteiger partial charge is 0.465 e.